The first-order valence-corrected chi connectivity index (χ1v) is 15.2. The summed E-state index contributed by atoms with van der Waals surface area (Å²) in [5.74, 6) is 0.893. The van der Waals surface area contributed by atoms with E-state index in [2.05, 4.69) is 4.90 Å². The number of carbonyl (C=O) groups excluding carboxylic acids is 2. The first-order chi connectivity index (χ1) is 22.4. The molecule has 12 heteroatoms. The van der Waals surface area contributed by atoms with Crippen LogP contribution < -0.4 is 9.64 Å². The summed E-state index contributed by atoms with van der Waals surface area (Å²) in [6.45, 7) is 5.12. The summed E-state index contributed by atoms with van der Waals surface area (Å²) < 4.78 is 59.1. The van der Waals surface area contributed by atoms with Crippen LogP contribution in [-0.4, -0.2) is 59.9 Å². The van der Waals surface area contributed by atoms with Gasteiger partial charge in [-0.3, -0.25) is 4.90 Å². The van der Waals surface area contributed by atoms with Crippen LogP contribution >= 0.6 is 0 Å². The maximum absolute atomic E-state index is 13.6. The highest BCUT2D eigenvalue weighted by atomic mass is 19.4. The number of hydrogen-bond donors (Lipinski definition) is 0. The highest BCUT2D eigenvalue weighted by molar-refractivity contribution is 5.91. The summed E-state index contributed by atoms with van der Waals surface area (Å²) in [6, 6.07) is 14.5. The number of alkyl halides is 3. The van der Waals surface area contributed by atoms with E-state index in [1.54, 1.807) is 39.3 Å². The quantitative estimate of drug-likeness (QED) is 0.187. The van der Waals surface area contributed by atoms with E-state index < -0.39 is 35.9 Å². The predicted molar refractivity (Wildman–Crippen MR) is 169 cm³/mol. The second kappa shape index (κ2) is 12.3. The Kier molecular flexibility index (Phi) is 8.37. The molecule has 0 N–H and O–H groups in total. The number of carbonyl (C=O) groups is 2. The predicted octanol–water partition coefficient (Wildman–Crippen LogP) is 7.17. The topological polar surface area (TPSA) is 86.1 Å². The number of aryl methyl sites for hydroxylation is 2. The van der Waals surface area contributed by atoms with Gasteiger partial charge in [0.1, 0.15) is 17.7 Å². The molecular weight excluding hydrogens is 613 g/mol. The average molecular weight is 649 g/mol. The fourth-order valence-electron chi connectivity index (χ4n) is 6.20. The van der Waals surface area contributed by atoms with Crippen molar-refractivity contribution in [1.82, 2.24) is 14.5 Å². The number of pyridine rings is 1. The molecule has 0 bridgehead atoms. The normalized spacial score (nSPS) is 17.8. The van der Waals surface area contributed by atoms with Crippen LogP contribution in [0.2, 0.25) is 0 Å². The number of ether oxygens (including phenoxy) is 3. The Morgan fingerprint density at radius 2 is 1.81 bits per heavy atom. The first-order valence-electron chi connectivity index (χ1n) is 15.2. The van der Waals surface area contributed by atoms with E-state index in [0.717, 1.165) is 48.7 Å². The molecule has 2 aliphatic rings. The molecule has 0 spiro atoms. The fraction of sp³-hybridized carbons (Fsp3) is 0.343. The molecule has 1 amide bonds. The van der Waals surface area contributed by atoms with Crippen molar-refractivity contribution >= 4 is 17.9 Å². The maximum atomic E-state index is 13.6. The number of methoxy groups -OCH3 is 2. The van der Waals surface area contributed by atoms with Crippen LogP contribution in [0.5, 0.6) is 5.75 Å². The van der Waals surface area contributed by atoms with Gasteiger partial charge in [0.25, 0.3) is 0 Å². The van der Waals surface area contributed by atoms with Gasteiger partial charge in [-0.15, -0.1) is 0 Å². The van der Waals surface area contributed by atoms with E-state index in [-0.39, 0.29) is 12.1 Å². The summed E-state index contributed by atoms with van der Waals surface area (Å²) in [5.41, 5.74) is 3.93. The third kappa shape index (κ3) is 6.11. The van der Waals surface area contributed by atoms with Crippen molar-refractivity contribution in [3.05, 3.63) is 88.7 Å². The molecule has 2 aromatic heterocycles. The lowest BCUT2D eigenvalue weighted by Crippen LogP contribution is -2.38. The third-order valence-electron chi connectivity index (χ3n) is 8.82. The zero-order valence-electron chi connectivity index (χ0n) is 26.7. The van der Waals surface area contributed by atoms with Crippen molar-refractivity contribution in [2.24, 2.45) is 7.05 Å². The molecule has 2 aliphatic heterocycles. The summed E-state index contributed by atoms with van der Waals surface area (Å²) >= 11 is 0. The van der Waals surface area contributed by atoms with Crippen LogP contribution in [0.3, 0.4) is 0 Å². The third-order valence-corrected chi connectivity index (χ3v) is 8.82. The molecule has 246 valence electrons. The molecule has 4 aromatic rings. The van der Waals surface area contributed by atoms with Gasteiger partial charge in [0.2, 0.25) is 0 Å². The van der Waals surface area contributed by atoms with Gasteiger partial charge < -0.3 is 23.7 Å². The van der Waals surface area contributed by atoms with Crippen molar-refractivity contribution in [1.29, 1.82) is 0 Å². The van der Waals surface area contributed by atoms with E-state index in [1.165, 1.54) is 12.0 Å². The highest BCUT2D eigenvalue weighted by Crippen LogP contribution is 2.41. The van der Waals surface area contributed by atoms with Crippen molar-refractivity contribution in [2.75, 3.05) is 32.2 Å². The van der Waals surface area contributed by atoms with Gasteiger partial charge in [-0.1, -0.05) is 11.6 Å². The Hall–Kier alpha value is -5.00. The van der Waals surface area contributed by atoms with E-state index >= 15 is 0 Å². The Labute approximate surface area is 270 Å². The molecule has 47 heavy (non-hydrogen) atoms. The molecule has 6 rings (SSSR count). The van der Waals surface area contributed by atoms with Gasteiger partial charge in [0, 0.05) is 43.2 Å². The molecule has 2 saturated heterocycles. The number of rotatable bonds is 8. The van der Waals surface area contributed by atoms with Gasteiger partial charge in [-0.2, -0.15) is 13.2 Å². The van der Waals surface area contributed by atoms with Crippen LogP contribution in [0, 0.1) is 6.92 Å². The van der Waals surface area contributed by atoms with Gasteiger partial charge in [-0.25, -0.2) is 14.6 Å². The molecule has 0 radical (unpaired) electrons. The van der Waals surface area contributed by atoms with Gasteiger partial charge >= 0.3 is 18.2 Å². The SMILES string of the molecule is COC(=O)c1cc(-c2ccc(OC)c(-c3ccc(N4CCC4)nc3CN3C(=O)O[C@H](c4cc(C)cc(C(F)(F)F)c4)[C@@H]3C)c2)n(C)c1. The molecule has 0 saturated carbocycles. The average Bonchev–Trinajstić information content (AvgIpc) is 3.53. The summed E-state index contributed by atoms with van der Waals surface area (Å²) in [4.78, 5) is 34.2. The maximum Gasteiger partial charge on any atom is 0.416 e. The number of amides is 1. The monoisotopic (exact) mass is 648 g/mol. The molecule has 2 aromatic carbocycles. The van der Waals surface area contributed by atoms with E-state index in [0.29, 0.717) is 33.7 Å². The van der Waals surface area contributed by atoms with E-state index in [9.17, 15) is 22.8 Å². The number of benzene rings is 2. The number of nitrogens with zero attached hydrogens (tertiary/aromatic N) is 4. The highest BCUT2D eigenvalue weighted by Gasteiger charge is 2.41. The molecule has 0 aliphatic carbocycles. The number of aromatic nitrogens is 2. The fourth-order valence-corrected chi connectivity index (χ4v) is 6.20. The summed E-state index contributed by atoms with van der Waals surface area (Å²) in [5, 5.41) is 0. The zero-order chi connectivity index (χ0) is 33.6. The van der Waals surface area contributed by atoms with Crippen molar-refractivity contribution < 1.29 is 37.0 Å². The Morgan fingerprint density at radius 1 is 1.04 bits per heavy atom. The minimum atomic E-state index is -4.53. The second-order valence-electron chi connectivity index (χ2n) is 11.9. The molecule has 9 nitrogen and oxygen atoms in total. The van der Waals surface area contributed by atoms with Gasteiger partial charge in [0.15, 0.2) is 0 Å². The summed E-state index contributed by atoms with van der Waals surface area (Å²) in [6.07, 6.45) is -3.32. The standard InChI is InChI=1S/C35H35F3N4O5/c1-20-13-23(15-25(14-20)35(36,37)38)32-21(2)42(34(44)47-32)19-28-26(8-10-31(39-28)41-11-6-12-41)27-16-22(7-9-30(27)45-4)29-17-24(18-40(29)3)33(43)46-5/h7-10,13-18,21,32H,6,11-12,19H2,1-5H3/t21-,32-/m0/s1. The Morgan fingerprint density at radius 3 is 2.47 bits per heavy atom. The number of halogens is 3. The zero-order valence-corrected chi connectivity index (χ0v) is 26.7. The first kappa shape index (κ1) is 32.0. The van der Waals surface area contributed by atoms with E-state index in [1.807, 2.05) is 41.9 Å². The molecule has 4 heterocycles. The number of esters is 1. The van der Waals surface area contributed by atoms with E-state index in [4.69, 9.17) is 19.2 Å². The molecule has 2 fully saturated rings. The molecular formula is C35H35F3N4O5. The van der Waals surface area contributed by atoms with Crippen molar-refractivity contribution in [3.8, 4) is 28.1 Å². The minimum Gasteiger partial charge on any atom is -0.496 e. The van der Waals surface area contributed by atoms with Gasteiger partial charge in [0.05, 0.1) is 43.6 Å². The lowest BCUT2D eigenvalue weighted by atomic mass is 9.97. The molecule has 0 unspecified atom stereocenters. The Balaban J connectivity index is 1.39. The van der Waals surface area contributed by atoms with Crippen LogP contribution in [0.25, 0.3) is 22.4 Å². The second-order valence-corrected chi connectivity index (χ2v) is 11.9. The largest absolute Gasteiger partial charge is 0.496 e. The van der Waals surface area contributed by atoms with Gasteiger partial charge in [-0.05, 0) is 79.9 Å². The molecule has 2 atom stereocenters. The smallest absolute Gasteiger partial charge is 0.416 e. The van der Waals surface area contributed by atoms with Crippen molar-refractivity contribution in [2.45, 2.75) is 45.1 Å². The van der Waals surface area contributed by atoms with Crippen LogP contribution in [-0.2, 0) is 29.2 Å². The minimum absolute atomic E-state index is 0.0511. The summed E-state index contributed by atoms with van der Waals surface area (Å²) in [7, 11) is 4.74. The lowest BCUT2D eigenvalue weighted by molar-refractivity contribution is -0.137. The van der Waals surface area contributed by atoms with Crippen LogP contribution in [0.1, 0.15) is 52.2 Å². The number of hydrogen-bond acceptors (Lipinski definition) is 7. The van der Waals surface area contributed by atoms with Crippen molar-refractivity contribution in [3.63, 3.8) is 0 Å². The van der Waals surface area contributed by atoms with Crippen LogP contribution in [0.15, 0.2) is 60.8 Å². The number of cyclic esters (lactones) is 1. The lowest BCUT2D eigenvalue weighted by Gasteiger charge is -2.33. The number of anilines is 1. The van der Waals surface area contributed by atoms with Crippen LogP contribution in [0.4, 0.5) is 23.8 Å². The Bertz CT molecular complexity index is 1850.